The number of nitrogens with one attached hydrogen (secondary N) is 1. The Bertz CT molecular complexity index is 1110. The molecule has 2 aromatic carbocycles. The maximum absolute atomic E-state index is 14.6. The van der Waals surface area contributed by atoms with Gasteiger partial charge in [-0.2, -0.15) is 0 Å². The van der Waals surface area contributed by atoms with E-state index < -0.39 is 11.7 Å². The molecule has 0 unspecified atom stereocenters. The molecule has 1 saturated heterocycles. The highest BCUT2D eigenvalue weighted by Gasteiger charge is 2.27. The molecule has 0 spiro atoms. The maximum atomic E-state index is 14.6. The van der Waals surface area contributed by atoms with Crippen LogP contribution in [0.3, 0.4) is 0 Å². The second-order valence-corrected chi connectivity index (χ2v) is 7.44. The minimum Gasteiger partial charge on any atom is -0.450 e. The summed E-state index contributed by atoms with van der Waals surface area (Å²) in [6.07, 6.45) is 0. The van der Waals surface area contributed by atoms with Crippen LogP contribution in [0.1, 0.15) is 10.6 Å². The van der Waals surface area contributed by atoms with Crippen LogP contribution in [0, 0.1) is 5.82 Å². The van der Waals surface area contributed by atoms with Gasteiger partial charge in [0, 0.05) is 39.8 Å². The first-order chi connectivity index (χ1) is 13.9. The highest BCUT2D eigenvalue weighted by atomic mass is 35.5. The Morgan fingerprint density at radius 1 is 1.07 bits per heavy atom. The Morgan fingerprint density at radius 3 is 2.62 bits per heavy atom. The number of amides is 2. The van der Waals surface area contributed by atoms with Crippen molar-refractivity contribution in [3.63, 3.8) is 0 Å². The summed E-state index contributed by atoms with van der Waals surface area (Å²) in [6, 6.07) is 12.5. The van der Waals surface area contributed by atoms with Gasteiger partial charge in [0.1, 0.15) is 18.1 Å². The fourth-order valence-electron chi connectivity index (χ4n) is 3.21. The molecule has 0 saturated carbocycles. The van der Waals surface area contributed by atoms with Crippen molar-refractivity contribution in [3.8, 4) is 22.5 Å². The molecule has 1 aliphatic heterocycles. The second kappa shape index (κ2) is 7.89. The molecule has 0 atom stereocenters. The summed E-state index contributed by atoms with van der Waals surface area (Å²) in [6.45, 7) is 0.660. The number of hydrogen-bond donors (Lipinski definition) is 1. The first kappa shape index (κ1) is 19.5. The van der Waals surface area contributed by atoms with E-state index >= 15 is 0 Å². The highest BCUT2D eigenvalue weighted by molar-refractivity contribution is 6.31. The van der Waals surface area contributed by atoms with Gasteiger partial charge in [0.25, 0.3) is 5.91 Å². The van der Waals surface area contributed by atoms with Crippen LogP contribution in [0.5, 0.6) is 0 Å². The van der Waals surface area contributed by atoms with Crippen LogP contribution >= 0.6 is 23.2 Å². The van der Waals surface area contributed by atoms with Crippen molar-refractivity contribution in [1.29, 1.82) is 0 Å². The van der Waals surface area contributed by atoms with Crippen LogP contribution in [-0.4, -0.2) is 36.3 Å². The number of halogens is 3. The summed E-state index contributed by atoms with van der Waals surface area (Å²) in [7, 11) is 0. The van der Waals surface area contributed by atoms with Gasteiger partial charge in [0.15, 0.2) is 5.76 Å². The van der Waals surface area contributed by atoms with Gasteiger partial charge in [-0.3, -0.25) is 9.59 Å². The van der Waals surface area contributed by atoms with Crippen LogP contribution in [-0.2, 0) is 4.79 Å². The molecular weight excluding hydrogens is 418 g/mol. The average Bonchev–Trinajstić information content (AvgIpc) is 3.14. The smallest absolute Gasteiger partial charge is 0.290 e. The molecule has 148 valence electrons. The standard InChI is InChI=1S/C21H15Cl2FN2O3/c22-13-3-1-2-12(8-13)20-16(15-9-14(23)4-5-17(15)24)10-18(29-20)21(28)26-7-6-25-19(27)11-26/h1-5,8-10H,6-7,11H2,(H,25,27). The molecule has 0 aliphatic carbocycles. The van der Waals surface area contributed by atoms with Crippen molar-refractivity contribution < 1.29 is 18.4 Å². The summed E-state index contributed by atoms with van der Waals surface area (Å²) in [5.41, 5.74) is 1.16. The average molecular weight is 433 g/mol. The molecule has 0 bridgehead atoms. The zero-order chi connectivity index (χ0) is 20.5. The monoisotopic (exact) mass is 432 g/mol. The van der Waals surface area contributed by atoms with Gasteiger partial charge in [-0.25, -0.2) is 4.39 Å². The fraction of sp³-hybridized carbons (Fsp3) is 0.143. The minimum absolute atomic E-state index is 0.00375. The Labute approximate surface area is 176 Å². The van der Waals surface area contributed by atoms with Gasteiger partial charge in [0.2, 0.25) is 5.91 Å². The fourth-order valence-corrected chi connectivity index (χ4v) is 3.57. The van der Waals surface area contributed by atoms with Gasteiger partial charge in [-0.1, -0.05) is 35.3 Å². The molecule has 5 nitrogen and oxygen atoms in total. The van der Waals surface area contributed by atoms with E-state index in [4.69, 9.17) is 27.6 Å². The number of carbonyl (C=O) groups excluding carboxylic acids is 2. The summed E-state index contributed by atoms with van der Waals surface area (Å²) < 4.78 is 20.4. The lowest BCUT2D eigenvalue weighted by molar-refractivity contribution is -0.123. The van der Waals surface area contributed by atoms with E-state index in [1.807, 2.05) is 0 Å². The molecule has 4 rings (SSSR count). The first-order valence-corrected chi connectivity index (χ1v) is 9.59. The zero-order valence-electron chi connectivity index (χ0n) is 15.0. The van der Waals surface area contributed by atoms with E-state index in [1.54, 1.807) is 24.3 Å². The molecule has 1 N–H and O–H groups in total. The van der Waals surface area contributed by atoms with E-state index in [0.29, 0.717) is 40.0 Å². The lowest BCUT2D eigenvalue weighted by Gasteiger charge is -2.25. The first-order valence-electron chi connectivity index (χ1n) is 8.83. The molecule has 1 fully saturated rings. The van der Waals surface area contributed by atoms with Crippen LogP contribution in [0.2, 0.25) is 10.0 Å². The quantitative estimate of drug-likeness (QED) is 0.655. The molecule has 1 aliphatic rings. The van der Waals surface area contributed by atoms with Crippen LogP contribution in [0.15, 0.2) is 52.9 Å². The third-order valence-corrected chi connectivity index (χ3v) is 5.04. The molecule has 0 radical (unpaired) electrons. The molecule has 29 heavy (non-hydrogen) atoms. The molecule has 2 heterocycles. The molecule has 1 aromatic heterocycles. The Balaban J connectivity index is 1.84. The predicted octanol–water partition coefficient (Wildman–Crippen LogP) is 4.63. The van der Waals surface area contributed by atoms with Crippen LogP contribution in [0.4, 0.5) is 4.39 Å². The topological polar surface area (TPSA) is 62.6 Å². The molecule has 3 aromatic rings. The number of furan rings is 1. The van der Waals surface area contributed by atoms with Crippen molar-refractivity contribution in [3.05, 3.63) is 70.2 Å². The largest absolute Gasteiger partial charge is 0.450 e. The second-order valence-electron chi connectivity index (χ2n) is 6.56. The number of hydrogen-bond acceptors (Lipinski definition) is 3. The Kier molecular flexibility index (Phi) is 5.30. The molecule has 2 amide bonds. The number of carbonyl (C=O) groups is 2. The Hall–Kier alpha value is -2.83. The van der Waals surface area contributed by atoms with Crippen molar-refractivity contribution in [1.82, 2.24) is 10.2 Å². The summed E-state index contributed by atoms with van der Waals surface area (Å²) >= 11 is 12.2. The van der Waals surface area contributed by atoms with E-state index in [0.717, 1.165) is 0 Å². The normalized spacial score (nSPS) is 14.0. The van der Waals surface area contributed by atoms with Crippen molar-refractivity contribution >= 4 is 35.0 Å². The third kappa shape index (κ3) is 3.99. The SMILES string of the molecule is O=C1CN(C(=O)c2cc(-c3cc(Cl)ccc3F)c(-c3cccc(Cl)c3)o2)CCN1. The summed E-state index contributed by atoms with van der Waals surface area (Å²) in [5, 5.41) is 3.48. The number of rotatable bonds is 3. The lowest BCUT2D eigenvalue weighted by Crippen LogP contribution is -2.49. The maximum Gasteiger partial charge on any atom is 0.290 e. The summed E-state index contributed by atoms with van der Waals surface area (Å²) in [5.74, 6) is -0.901. The lowest BCUT2D eigenvalue weighted by atomic mass is 10.0. The van der Waals surface area contributed by atoms with Crippen molar-refractivity contribution in [2.75, 3.05) is 19.6 Å². The number of benzene rings is 2. The van der Waals surface area contributed by atoms with Crippen LogP contribution in [0.25, 0.3) is 22.5 Å². The molecular formula is C21H15Cl2FN2O3. The van der Waals surface area contributed by atoms with Gasteiger partial charge in [-0.15, -0.1) is 0 Å². The minimum atomic E-state index is -0.505. The van der Waals surface area contributed by atoms with Crippen molar-refractivity contribution in [2.45, 2.75) is 0 Å². The van der Waals surface area contributed by atoms with E-state index in [1.165, 1.54) is 29.2 Å². The molecule has 8 heteroatoms. The predicted molar refractivity (Wildman–Crippen MR) is 108 cm³/mol. The van der Waals surface area contributed by atoms with Crippen molar-refractivity contribution in [2.24, 2.45) is 0 Å². The van der Waals surface area contributed by atoms with E-state index in [2.05, 4.69) is 5.32 Å². The Morgan fingerprint density at radius 2 is 1.86 bits per heavy atom. The number of piperazine rings is 1. The number of nitrogens with zero attached hydrogens (tertiary/aromatic N) is 1. The van der Waals surface area contributed by atoms with Gasteiger partial charge in [-0.05, 0) is 36.4 Å². The van der Waals surface area contributed by atoms with Gasteiger partial charge >= 0.3 is 0 Å². The third-order valence-electron chi connectivity index (χ3n) is 4.57. The van der Waals surface area contributed by atoms with Gasteiger partial charge in [0.05, 0.1) is 0 Å². The summed E-state index contributed by atoms with van der Waals surface area (Å²) in [4.78, 5) is 25.9. The van der Waals surface area contributed by atoms with Gasteiger partial charge < -0.3 is 14.6 Å². The van der Waals surface area contributed by atoms with Crippen LogP contribution < -0.4 is 5.32 Å². The zero-order valence-corrected chi connectivity index (χ0v) is 16.6. The highest BCUT2D eigenvalue weighted by Crippen LogP contribution is 2.38. The van der Waals surface area contributed by atoms with E-state index in [-0.39, 0.29) is 23.8 Å². The van der Waals surface area contributed by atoms with E-state index in [9.17, 15) is 14.0 Å².